The molecule has 1 fully saturated rings. The van der Waals surface area contributed by atoms with Crippen LogP contribution in [0.15, 0.2) is 29.2 Å². The Hall–Kier alpha value is -1.20. The summed E-state index contributed by atoms with van der Waals surface area (Å²) in [5, 5.41) is 9.58. The fourth-order valence-electron chi connectivity index (χ4n) is 2.22. The number of amides is 1. The first kappa shape index (κ1) is 15.2. The molecule has 0 saturated carbocycles. The van der Waals surface area contributed by atoms with Gasteiger partial charge < -0.3 is 14.7 Å². The molecule has 1 aliphatic heterocycles. The van der Waals surface area contributed by atoms with Gasteiger partial charge in [-0.3, -0.25) is 4.79 Å². The molecule has 1 saturated heterocycles. The van der Waals surface area contributed by atoms with E-state index in [1.807, 2.05) is 31.2 Å². The highest BCUT2D eigenvalue weighted by atomic mass is 32.2. The van der Waals surface area contributed by atoms with Gasteiger partial charge in [0.05, 0.1) is 18.5 Å². The Morgan fingerprint density at radius 3 is 2.85 bits per heavy atom. The zero-order valence-corrected chi connectivity index (χ0v) is 12.6. The first-order chi connectivity index (χ1) is 9.69. The van der Waals surface area contributed by atoms with Gasteiger partial charge in [0.15, 0.2) is 0 Å². The van der Waals surface area contributed by atoms with Crippen LogP contribution in [-0.2, 0) is 4.79 Å². The van der Waals surface area contributed by atoms with E-state index in [0.29, 0.717) is 18.9 Å². The molecule has 0 aliphatic carbocycles. The molecule has 1 amide bonds. The van der Waals surface area contributed by atoms with Gasteiger partial charge in [0.25, 0.3) is 0 Å². The third kappa shape index (κ3) is 4.42. The van der Waals surface area contributed by atoms with Crippen LogP contribution in [0.4, 0.5) is 0 Å². The average Bonchev–Trinajstić information content (AvgIpc) is 2.46. The number of aliphatic hydroxyl groups excluding tert-OH is 1. The van der Waals surface area contributed by atoms with Crippen LogP contribution in [0.5, 0.6) is 5.75 Å². The van der Waals surface area contributed by atoms with E-state index in [1.165, 1.54) is 11.8 Å². The van der Waals surface area contributed by atoms with Gasteiger partial charge in [-0.25, -0.2) is 0 Å². The second-order valence-electron chi connectivity index (χ2n) is 4.83. The minimum absolute atomic E-state index is 0.0997. The quantitative estimate of drug-likeness (QED) is 0.846. The van der Waals surface area contributed by atoms with Crippen LogP contribution in [-0.4, -0.2) is 47.5 Å². The van der Waals surface area contributed by atoms with E-state index in [-0.39, 0.29) is 12.0 Å². The molecular formula is C15H21NO3S. The van der Waals surface area contributed by atoms with E-state index in [1.54, 1.807) is 4.90 Å². The Kier molecular flexibility index (Phi) is 5.73. The molecule has 20 heavy (non-hydrogen) atoms. The predicted molar refractivity (Wildman–Crippen MR) is 80.2 cm³/mol. The highest BCUT2D eigenvalue weighted by molar-refractivity contribution is 8.00. The summed E-state index contributed by atoms with van der Waals surface area (Å²) in [6.07, 6.45) is 1.33. The molecule has 1 heterocycles. The highest BCUT2D eigenvalue weighted by Crippen LogP contribution is 2.22. The molecule has 1 aromatic carbocycles. The van der Waals surface area contributed by atoms with Gasteiger partial charge in [-0.05, 0) is 44.0 Å². The SMILES string of the molecule is CCOc1ccc(SCC(=O)N2CCCC(O)C2)cc1. The van der Waals surface area contributed by atoms with E-state index in [2.05, 4.69) is 0 Å². The molecule has 5 heteroatoms. The smallest absolute Gasteiger partial charge is 0.233 e. The van der Waals surface area contributed by atoms with Crippen molar-refractivity contribution in [3.05, 3.63) is 24.3 Å². The van der Waals surface area contributed by atoms with Crippen LogP contribution in [0.1, 0.15) is 19.8 Å². The number of ether oxygens (including phenoxy) is 1. The standard InChI is InChI=1S/C15H21NO3S/c1-2-19-13-5-7-14(8-6-13)20-11-15(18)16-9-3-4-12(17)10-16/h5-8,12,17H,2-4,9-11H2,1H3. The molecule has 110 valence electrons. The van der Waals surface area contributed by atoms with Crippen LogP contribution in [0.3, 0.4) is 0 Å². The molecular weight excluding hydrogens is 274 g/mol. The van der Waals surface area contributed by atoms with Crippen molar-refractivity contribution in [3.8, 4) is 5.75 Å². The summed E-state index contributed by atoms with van der Waals surface area (Å²) in [7, 11) is 0. The lowest BCUT2D eigenvalue weighted by atomic mass is 10.1. The van der Waals surface area contributed by atoms with Crippen molar-refractivity contribution in [2.45, 2.75) is 30.8 Å². The summed E-state index contributed by atoms with van der Waals surface area (Å²) in [6.45, 7) is 3.85. The van der Waals surface area contributed by atoms with Crippen molar-refractivity contribution in [2.75, 3.05) is 25.4 Å². The molecule has 4 nitrogen and oxygen atoms in total. The minimum atomic E-state index is -0.358. The maximum atomic E-state index is 12.1. The zero-order valence-electron chi connectivity index (χ0n) is 11.7. The molecule has 0 bridgehead atoms. The van der Waals surface area contributed by atoms with E-state index in [4.69, 9.17) is 4.74 Å². The van der Waals surface area contributed by atoms with Gasteiger partial charge in [0, 0.05) is 18.0 Å². The van der Waals surface area contributed by atoms with Crippen molar-refractivity contribution < 1.29 is 14.6 Å². The van der Waals surface area contributed by atoms with Gasteiger partial charge >= 0.3 is 0 Å². The minimum Gasteiger partial charge on any atom is -0.494 e. The first-order valence-electron chi connectivity index (χ1n) is 7.00. The highest BCUT2D eigenvalue weighted by Gasteiger charge is 2.21. The summed E-state index contributed by atoms with van der Waals surface area (Å²) in [6, 6.07) is 7.77. The van der Waals surface area contributed by atoms with Crippen LogP contribution >= 0.6 is 11.8 Å². The van der Waals surface area contributed by atoms with Gasteiger partial charge in [0.2, 0.25) is 5.91 Å². The molecule has 1 N–H and O–H groups in total. The summed E-state index contributed by atoms with van der Waals surface area (Å²) < 4.78 is 5.38. The topological polar surface area (TPSA) is 49.8 Å². The number of rotatable bonds is 5. The van der Waals surface area contributed by atoms with E-state index >= 15 is 0 Å². The number of hydrogen-bond acceptors (Lipinski definition) is 4. The van der Waals surface area contributed by atoms with Gasteiger partial charge in [-0.1, -0.05) is 0 Å². The summed E-state index contributed by atoms with van der Waals surface area (Å²) in [4.78, 5) is 14.9. The number of hydrogen-bond donors (Lipinski definition) is 1. The number of benzene rings is 1. The van der Waals surface area contributed by atoms with E-state index in [9.17, 15) is 9.90 Å². The Morgan fingerprint density at radius 2 is 2.20 bits per heavy atom. The summed E-state index contributed by atoms with van der Waals surface area (Å²) >= 11 is 1.52. The molecule has 1 aliphatic rings. The number of nitrogens with zero attached hydrogens (tertiary/aromatic N) is 1. The van der Waals surface area contributed by atoms with E-state index < -0.39 is 0 Å². The van der Waals surface area contributed by atoms with Crippen molar-refractivity contribution >= 4 is 17.7 Å². The van der Waals surface area contributed by atoms with Gasteiger partial charge in [-0.2, -0.15) is 0 Å². The average molecular weight is 295 g/mol. The molecule has 0 spiro atoms. The van der Waals surface area contributed by atoms with Crippen LogP contribution in [0.25, 0.3) is 0 Å². The second kappa shape index (κ2) is 7.55. The van der Waals surface area contributed by atoms with Crippen molar-refractivity contribution in [3.63, 3.8) is 0 Å². The number of piperidine rings is 1. The van der Waals surface area contributed by atoms with Crippen molar-refractivity contribution in [1.29, 1.82) is 0 Å². The predicted octanol–water partition coefficient (Wildman–Crippen LogP) is 2.16. The maximum absolute atomic E-state index is 12.1. The normalized spacial score (nSPS) is 18.9. The summed E-state index contributed by atoms with van der Waals surface area (Å²) in [5.41, 5.74) is 0. The molecule has 1 aromatic rings. The third-order valence-electron chi connectivity index (χ3n) is 3.25. The molecule has 1 atom stereocenters. The van der Waals surface area contributed by atoms with Gasteiger partial charge in [-0.15, -0.1) is 11.8 Å². The maximum Gasteiger partial charge on any atom is 0.233 e. The van der Waals surface area contributed by atoms with Crippen LogP contribution in [0.2, 0.25) is 0 Å². The Balaban J connectivity index is 1.80. The molecule has 0 radical (unpaired) electrons. The lowest BCUT2D eigenvalue weighted by Crippen LogP contribution is -2.42. The fraction of sp³-hybridized carbons (Fsp3) is 0.533. The monoisotopic (exact) mass is 295 g/mol. The third-order valence-corrected chi connectivity index (χ3v) is 4.24. The molecule has 1 unspecified atom stereocenters. The Morgan fingerprint density at radius 1 is 1.45 bits per heavy atom. The second-order valence-corrected chi connectivity index (χ2v) is 5.88. The fourth-order valence-corrected chi connectivity index (χ4v) is 3.02. The lowest BCUT2D eigenvalue weighted by Gasteiger charge is -2.30. The van der Waals surface area contributed by atoms with Crippen molar-refractivity contribution in [2.24, 2.45) is 0 Å². The Bertz CT molecular complexity index is 435. The van der Waals surface area contributed by atoms with Crippen LogP contribution in [0, 0.1) is 0 Å². The number of aliphatic hydroxyl groups is 1. The molecule has 2 rings (SSSR count). The van der Waals surface area contributed by atoms with E-state index in [0.717, 1.165) is 30.0 Å². The van der Waals surface area contributed by atoms with Crippen molar-refractivity contribution in [1.82, 2.24) is 4.90 Å². The zero-order chi connectivity index (χ0) is 14.4. The number of carbonyl (C=O) groups excluding carboxylic acids is 1. The number of carbonyl (C=O) groups is 1. The summed E-state index contributed by atoms with van der Waals surface area (Å²) in [5.74, 6) is 1.37. The number of likely N-dealkylation sites (tertiary alicyclic amines) is 1. The Labute approximate surface area is 124 Å². The number of thioether (sulfide) groups is 1. The largest absolute Gasteiger partial charge is 0.494 e. The lowest BCUT2D eigenvalue weighted by molar-refractivity contribution is -0.131. The number of β-amino-alcohol motifs (C(OH)–C–C–N with tert-alkyl or cyclic N) is 1. The first-order valence-corrected chi connectivity index (χ1v) is 7.99. The van der Waals surface area contributed by atoms with Gasteiger partial charge in [0.1, 0.15) is 5.75 Å². The van der Waals surface area contributed by atoms with Crippen LogP contribution < -0.4 is 4.74 Å². The molecule has 0 aromatic heterocycles.